The van der Waals surface area contributed by atoms with E-state index in [1.165, 1.54) is 0 Å². The van der Waals surface area contributed by atoms with E-state index < -0.39 is 0 Å². The Morgan fingerprint density at radius 2 is 1.82 bits per heavy atom. The number of halogens is 1. The molecule has 0 spiro atoms. The van der Waals surface area contributed by atoms with E-state index in [2.05, 4.69) is 53.4 Å². The zero-order chi connectivity index (χ0) is 14.9. The second-order valence-electron chi connectivity index (χ2n) is 4.92. The lowest BCUT2D eigenvalue weighted by atomic mass is 10.1. The van der Waals surface area contributed by atoms with Gasteiger partial charge in [0.2, 0.25) is 0 Å². The predicted octanol–water partition coefficient (Wildman–Crippen LogP) is 4.22. The number of rotatable bonds is 3. The van der Waals surface area contributed by atoms with Crippen LogP contribution in [-0.4, -0.2) is 25.4 Å². The highest BCUT2D eigenvalue weighted by molar-refractivity contribution is 9.10. The summed E-state index contributed by atoms with van der Waals surface area (Å²) in [7, 11) is 0. The fourth-order valence-electron chi connectivity index (χ4n) is 2.42. The van der Waals surface area contributed by atoms with Crippen molar-refractivity contribution in [1.82, 2.24) is 25.4 Å². The summed E-state index contributed by atoms with van der Waals surface area (Å²) in [4.78, 5) is 3.15. The van der Waals surface area contributed by atoms with Gasteiger partial charge in [-0.2, -0.15) is 10.2 Å². The molecule has 0 aliphatic carbocycles. The summed E-state index contributed by atoms with van der Waals surface area (Å²) in [6, 6.07) is 14.1. The highest BCUT2D eigenvalue weighted by Crippen LogP contribution is 2.31. The molecule has 6 heteroatoms. The Hall–Kier alpha value is -2.60. The molecule has 0 aliphatic rings. The fraction of sp³-hybridized carbons (Fsp3) is 0. The number of hydrogen-bond donors (Lipinski definition) is 3. The minimum atomic E-state index is 0.872. The van der Waals surface area contributed by atoms with Gasteiger partial charge in [0.15, 0.2) is 0 Å². The largest absolute Gasteiger partial charge is 0.360 e. The lowest BCUT2D eigenvalue weighted by Gasteiger charge is -2.01. The van der Waals surface area contributed by atoms with Crippen LogP contribution in [-0.2, 0) is 0 Å². The van der Waals surface area contributed by atoms with E-state index in [0.717, 1.165) is 38.4 Å². The quantitative estimate of drug-likeness (QED) is 0.515. The molecule has 1 aromatic carbocycles. The molecule has 0 fully saturated rings. The Morgan fingerprint density at radius 1 is 0.955 bits per heavy atom. The maximum absolute atomic E-state index is 4.35. The van der Waals surface area contributed by atoms with E-state index in [1.807, 2.05) is 42.7 Å². The molecule has 0 saturated heterocycles. The number of aromatic amines is 3. The van der Waals surface area contributed by atoms with Gasteiger partial charge < -0.3 is 4.98 Å². The molecule has 4 rings (SSSR count). The van der Waals surface area contributed by atoms with Crippen molar-refractivity contribution in [1.29, 1.82) is 0 Å². The first-order valence-corrected chi connectivity index (χ1v) is 7.59. The Kier molecular flexibility index (Phi) is 3.16. The first-order valence-electron chi connectivity index (χ1n) is 6.80. The van der Waals surface area contributed by atoms with Crippen molar-refractivity contribution in [2.45, 2.75) is 0 Å². The molecule has 3 heterocycles. The average Bonchev–Trinajstić information content (AvgIpc) is 3.27. The van der Waals surface area contributed by atoms with Gasteiger partial charge in [0, 0.05) is 16.2 Å². The molecule has 0 saturated carbocycles. The molecule has 22 heavy (non-hydrogen) atoms. The van der Waals surface area contributed by atoms with Crippen LogP contribution < -0.4 is 0 Å². The second kappa shape index (κ2) is 5.31. The van der Waals surface area contributed by atoms with Gasteiger partial charge in [-0.15, -0.1) is 0 Å². The van der Waals surface area contributed by atoms with Crippen LogP contribution in [0.25, 0.3) is 33.9 Å². The first-order chi connectivity index (χ1) is 10.8. The third kappa shape index (κ3) is 2.27. The van der Waals surface area contributed by atoms with E-state index in [-0.39, 0.29) is 0 Å². The molecule has 5 nitrogen and oxygen atoms in total. The Balaban J connectivity index is 1.75. The van der Waals surface area contributed by atoms with Crippen molar-refractivity contribution < 1.29 is 0 Å². The number of nitrogens with one attached hydrogen (secondary N) is 3. The van der Waals surface area contributed by atoms with E-state index in [0.29, 0.717) is 0 Å². The van der Waals surface area contributed by atoms with Crippen LogP contribution in [0.1, 0.15) is 0 Å². The lowest BCUT2D eigenvalue weighted by Crippen LogP contribution is -1.83. The van der Waals surface area contributed by atoms with Gasteiger partial charge in [0.05, 0.1) is 23.3 Å². The van der Waals surface area contributed by atoms with Crippen LogP contribution in [0.4, 0.5) is 0 Å². The van der Waals surface area contributed by atoms with Gasteiger partial charge in [0.25, 0.3) is 0 Å². The standard InChI is InChI=1S/C16H12BrN5/c17-11-5-3-10(4-6-11)12-9-19-22-16(12)15-8-14(20-21-15)13-2-1-7-18-13/h1-9,18H,(H,19,22)(H,20,21). The smallest absolute Gasteiger partial charge is 0.109 e. The predicted molar refractivity (Wildman–Crippen MR) is 89.1 cm³/mol. The molecule has 0 aliphatic heterocycles. The second-order valence-corrected chi connectivity index (χ2v) is 5.83. The van der Waals surface area contributed by atoms with Crippen molar-refractivity contribution in [2.24, 2.45) is 0 Å². The summed E-state index contributed by atoms with van der Waals surface area (Å²) in [5.74, 6) is 0. The first kappa shape index (κ1) is 13.1. The Labute approximate surface area is 134 Å². The van der Waals surface area contributed by atoms with E-state index in [9.17, 15) is 0 Å². The maximum atomic E-state index is 4.35. The Morgan fingerprint density at radius 3 is 2.59 bits per heavy atom. The van der Waals surface area contributed by atoms with Gasteiger partial charge in [-0.25, -0.2) is 0 Å². The SMILES string of the molecule is Brc1ccc(-c2cn[nH]c2-c2cc(-c3ccc[nH]3)n[nH]2)cc1. The zero-order valence-electron chi connectivity index (χ0n) is 11.5. The minimum Gasteiger partial charge on any atom is -0.360 e. The molecule has 0 unspecified atom stereocenters. The molecule has 108 valence electrons. The summed E-state index contributed by atoms with van der Waals surface area (Å²) < 4.78 is 1.05. The molecule has 4 aromatic rings. The number of aromatic nitrogens is 5. The minimum absolute atomic E-state index is 0.872. The third-order valence-electron chi connectivity index (χ3n) is 3.52. The average molecular weight is 354 g/mol. The molecule has 0 bridgehead atoms. The normalized spacial score (nSPS) is 11.0. The van der Waals surface area contributed by atoms with Crippen molar-refractivity contribution >= 4 is 15.9 Å². The van der Waals surface area contributed by atoms with Crippen LogP contribution >= 0.6 is 15.9 Å². The zero-order valence-corrected chi connectivity index (χ0v) is 13.1. The number of H-pyrrole nitrogens is 3. The van der Waals surface area contributed by atoms with Crippen LogP contribution in [0.15, 0.2) is 59.3 Å². The van der Waals surface area contributed by atoms with Crippen LogP contribution in [0.2, 0.25) is 0 Å². The molecular formula is C16H12BrN5. The summed E-state index contributed by atoms with van der Waals surface area (Å²) >= 11 is 3.45. The molecule has 3 N–H and O–H groups in total. The highest BCUT2D eigenvalue weighted by atomic mass is 79.9. The maximum Gasteiger partial charge on any atom is 0.109 e. The highest BCUT2D eigenvalue weighted by Gasteiger charge is 2.13. The lowest BCUT2D eigenvalue weighted by molar-refractivity contribution is 1.06. The van der Waals surface area contributed by atoms with Crippen molar-refractivity contribution in [3.8, 4) is 33.9 Å². The van der Waals surface area contributed by atoms with E-state index in [1.54, 1.807) is 0 Å². The fourth-order valence-corrected chi connectivity index (χ4v) is 2.68. The van der Waals surface area contributed by atoms with Gasteiger partial charge in [0.1, 0.15) is 5.69 Å². The number of hydrogen-bond acceptors (Lipinski definition) is 2. The topological polar surface area (TPSA) is 73.2 Å². The van der Waals surface area contributed by atoms with Gasteiger partial charge in [-0.1, -0.05) is 28.1 Å². The number of nitrogens with zero attached hydrogens (tertiary/aromatic N) is 2. The summed E-state index contributed by atoms with van der Waals surface area (Å²) in [5, 5.41) is 14.6. The molecule has 0 radical (unpaired) electrons. The Bertz CT molecular complexity index is 887. The van der Waals surface area contributed by atoms with Crippen LogP contribution in [0, 0.1) is 0 Å². The molecule has 0 atom stereocenters. The van der Waals surface area contributed by atoms with Gasteiger partial charge in [-0.05, 0) is 35.9 Å². The summed E-state index contributed by atoms with van der Waals surface area (Å²) in [5.41, 5.74) is 5.81. The third-order valence-corrected chi connectivity index (χ3v) is 4.04. The molecule has 3 aromatic heterocycles. The van der Waals surface area contributed by atoms with Crippen LogP contribution in [0.5, 0.6) is 0 Å². The van der Waals surface area contributed by atoms with Crippen LogP contribution in [0.3, 0.4) is 0 Å². The van der Waals surface area contributed by atoms with Crippen molar-refractivity contribution in [3.05, 3.63) is 59.3 Å². The molecular weight excluding hydrogens is 342 g/mol. The van der Waals surface area contributed by atoms with E-state index in [4.69, 9.17) is 0 Å². The monoisotopic (exact) mass is 353 g/mol. The van der Waals surface area contributed by atoms with Crippen molar-refractivity contribution in [2.75, 3.05) is 0 Å². The van der Waals surface area contributed by atoms with E-state index >= 15 is 0 Å². The number of benzene rings is 1. The summed E-state index contributed by atoms with van der Waals surface area (Å²) in [6.45, 7) is 0. The van der Waals surface area contributed by atoms with Gasteiger partial charge in [-0.3, -0.25) is 10.2 Å². The van der Waals surface area contributed by atoms with Crippen molar-refractivity contribution in [3.63, 3.8) is 0 Å². The molecule has 0 amide bonds. The van der Waals surface area contributed by atoms with Gasteiger partial charge >= 0.3 is 0 Å². The summed E-state index contributed by atoms with van der Waals surface area (Å²) in [6.07, 6.45) is 3.71.